The van der Waals surface area contributed by atoms with Crippen LogP contribution in [-0.4, -0.2) is 15.5 Å². The number of nitrogens with one attached hydrogen (secondary N) is 1. The predicted molar refractivity (Wildman–Crippen MR) is 92.6 cm³/mol. The second-order valence-electron chi connectivity index (χ2n) is 6.15. The molecular formula is C18H19F4NO3S. The summed E-state index contributed by atoms with van der Waals surface area (Å²) < 4.78 is 84.7. The zero-order valence-electron chi connectivity index (χ0n) is 15.2. The second-order valence-corrected chi connectivity index (χ2v) is 7.85. The Balaban J connectivity index is 2.37. The van der Waals surface area contributed by atoms with Crippen LogP contribution in [0.1, 0.15) is 27.8 Å². The molecule has 0 unspecified atom stereocenters. The summed E-state index contributed by atoms with van der Waals surface area (Å²) in [4.78, 5) is 0.0215. The summed E-state index contributed by atoms with van der Waals surface area (Å²) in [6, 6.07) is 3.50. The van der Waals surface area contributed by atoms with Gasteiger partial charge in [0.05, 0.1) is 17.6 Å². The van der Waals surface area contributed by atoms with Crippen LogP contribution in [0.15, 0.2) is 29.2 Å². The summed E-state index contributed by atoms with van der Waals surface area (Å²) in [5, 5.41) is 0. The number of halogens is 4. The van der Waals surface area contributed by atoms with E-state index in [-0.39, 0.29) is 10.5 Å². The fraction of sp³-hybridized carbons (Fsp3) is 0.333. The maximum Gasteiger partial charge on any atom is 0.416 e. The van der Waals surface area contributed by atoms with Gasteiger partial charge in [0.15, 0.2) is 0 Å². The van der Waals surface area contributed by atoms with E-state index in [9.17, 15) is 26.0 Å². The Morgan fingerprint density at radius 2 is 1.67 bits per heavy atom. The highest BCUT2D eigenvalue weighted by Gasteiger charge is 2.31. The van der Waals surface area contributed by atoms with Gasteiger partial charge in [-0.3, -0.25) is 0 Å². The number of benzene rings is 2. The summed E-state index contributed by atoms with van der Waals surface area (Å²) >= 11 is 0. The van der Waals surface area contributed by atoms with E-state index in [1.807, 2.05) is 0 Å². The SMILES string of the molecule is COc1cc(C)c(S(=O)(=O)NCc2cc(F)cc(C(F)(F)F)c2)c(C)c1C. The van der Waals surface area contributed by atoms with Crippen molar-refractivity contribution in [2.75, 3.05) is 7.11 Å². The molecule has 2 aromatic carbocycles. The van der Waals surface area contributed by atoms with Gasteiger partial charge in [-0.2, -0.15) is 13.2 Å². The number of alkyl halides is 3. The van der Waals surface area contributed by atoms with Crippen molar-refractivity contribution in [3.63, 3.8) is 0 Å². The lowest BCUT2D eigenvalue weighted by atomic mass is 10.1. The molecule has 0 saturated carbocycles. The molecule has 0 saturated heterocycles. The lowest BCUT2D eigenvalue weighted by Crippen LogP contribution is -2.25. The average molecular weight is 405 g/mol. The Morgan fingerprint density at radius 1 is 1.04 bits per heavy atom. The van der Waals surface area contributed by atoms with Gasteiger partial charge in [0.2, 0.25) is 10.0 Å². The molecule has 0 amide bonds. The molecule has 0 heterocycles. The Labute approximate surface area is 155 Å². The highest BCUT2D eigenvalue weighted by molar-refractivity contribution is 7.89. The summed E-state index contributed by atoms with van der Waals surface area (Å²) in [6.45, 7) is 4.43. The fourth-order valence-corrected chi connectivity index (χ4v) is 4.35. The average Bonchev–Trinajstić information content (AvgIpc) is 2.55. The molecule has 2 rings (SSSR count). The number of ether oxygens (including phenoxy) is 1. The first-order valence-corrected chi connectivity index (χ1v) is 9.36. The maximum atomic E-state index is 13.5. The number of sulfonamides is 1. The van der Waals surface area contributed by atoms with Crippen molar-refractivity contribution in [2.24, 2.45) is 0 Å². The van der Waals surface area contributed by atoms with Gasteiger partial charge in [0.25, 0.3) is 0 Å². The number of aryl methyl sites for hydroxylation is 1. The Bertz CT molecular complexity index is 970. The zero-order chi connectivity index (χ0) is 20.6. The third-order valence-electron chi connectivity index (χ3n) is 4.22. The summed E-state index contributed by atoms with van der Waals surface area (Å²) in [6.07, 6.45) is -4.73. The van der Waals surface area contributed by atoms with Crippen LogP contribution < -0.4 is 9.46 Å². The lowest BCUT2D eigenvalue weighted by Gasteiger charge is -2.17. The van der Waals surface area contributed by atoms with Crippen molar-refractivity contribution in [1.29, 1.82) is 0 Å². The van der Waals surface area contributed by atoms with E-state index in [1.165, 1.54) is 7.11 Å². The van der Waals surface area contributed by atoms with Gasteiger partial charge < -0.3 is 4.74 Å². The van der Waals surface area contributed by atoms with E-state index >= 15 is 0 Å². The quantitative estimate of drug-likeness (QED) is 0.757. The van der Waals surface area contributed by atoms with Crippen molar-refractivity contribution in [3.05, 3.63) is 57.9 Å². The molecule has 27 heavy (non-hydrogen) atoms. The van der Waals surface area contributed by atoms with E-state index in [0.29, 0.717) is 34.6 Å². The first-order chi connectivity index (χ1) is 12.4. The van der Waals surface area contributed by atoms with Gasteiger partial charge in [-0.15, -0.1) is 0 Å². The Hall–Kier alpha value is -2.13. The third-order valence-corrected chi connectivity index (χ3v) is 5.91. The molecule has 0 aromatic heterocycles. The molecule has 0 aliphatic rings. The van der Waals surface area contributed by atoms with Gasteiger partial charge in [0.1, 0.15) is 11.6 Å². The molecule has 0 spiro atoms. The molecule has 9 heteroatoms. The fourth-order valence-electron chi connectivity index (χ4n) is 2.81. The van der Waals surface area contributed by atoms with Crippen LogP contribution in [0, 0.1) is 26.6 Å². The lowest BCUT2D eigenvalue weighted by molar-refractivity contribution is -0.137. The standard InChI is InChI=1S/C18H19F4NO3S/c1-10-5-16(26-4)11(2)12(3)17(10)27(24,25)23-9-13-6-14(18(20,21)22)8-15(19)7-13/h5-8,23H,9H2,1-4H3. The highest BCUT2D eigenvalue weighted by Crippen LogP contribution is 2.32. The van der Waals surface area contributed by atoms with Gasteiger partial charge in [-0.05, 0) is 67.3 Å². The van der Waals surface area contributed by atoms with Crippen molar-refractivity contribution >= 4 is 10.0 Å². The van der Waals surface area contributed by atoms with E-state index in [2.05, 4.69) is 4.72 Å². The van der Waals surface area contributed by atoms with Crippen molar-refractivity contribution in [1.82, 2.24) is 4.72 Å². The minimum absolute atomic E-state index is 0.0215. The Morgan fingerprint density at radius 3 is 2.22 bits per heavy atom. The van der Waals surface area contributed by atoms with Crippen LogP contribution in [0.25, 0.3) is 0 Å². The number of hydrogen-bond acceptors (Lipinski definition) is 3. The number of hydrogen-bond donors (Lipinski definition) is 1. The van der Waals surface area contributed by atoms with E-state index in [1.54, 1.807) is 26.8 Å². The largest absolute Gasteiger partial charge is 0.496 e. The van der Waals surface area contributed by atoms with Gasteiger partial charge in [-0.1, -0.05) is 0 Å². The Kier molecular flexibility index (Phi) is 5.86. The van der Waals surface area contributed by atoms with Gasteiger partial charge in [0, 0.05) is 6.54 Å². The summed E-state index contributed by atoms with van der Waals surface area (Å²) in [5.41, 5.74) is 0.219. The molecule has 0 bridgehead atoms. The maximum absolute atomic E-state index is 13.5. The molecular weight excluding hydrogens is 386 g/mol. The molecule has 148 valence electrons. The van der Waals surface area contributed by atoms with Crippen LogP contribution in [0.3, 0.4) is 0 Å². The smallest absolute Gasteiger partial charge is 0.416 e. The topological polar surface area (TPSA) is 55.4 Å². The molecule has 0 fully saturated rings. The number of rotatable bonds is 5. The molecule has 4 nitrogen and oxygen atoms in total. The highest BCUT2D eigenvalue weighted by atomic mass is 32.2. The van der Waals surface area contributed by atoms with E-state index in [4.69, 9.17) is 4.74 Å². The number of methoxy groups -OCH3 is 1. The second kappa shape index (κ2) is 7.47. The van der Waals surface area contributed by atoms with Gasteiger partial charge >= 0.3 is 6.18 Å². The first kappa shape index (κ1) is 21.2. The van der Waals surface area contributed by atoms with Crippen LogP contribution >= 0.6 is 0 Å². The third kappa shape index (κ3) is 4.59. The van der Waals surface area contributed by atoms with Crippen molar-refractivity contribution in [3.8, 4) is 5.75 Å². The van der Waals surface area contributed by atoms with Crippen molar-refractivity contribution in [2.45, 2.75) is 38.4 Å². The monoisotopic (exact) mass is 405 g/mol. The first-order valence-electron chi connectivity index (χ1n) is 7.88. The minimum Gasteiger partial charge on any atom is -0.496 e. The van der Waals surface area contributed by atoms with E-state index in [0.717, 1.165) is 6.07 Å². The van der Waals surface area contributed by atoms with E-state index < -0.39 is 34.1 Å². The molecule has 0 aliphatic heterocycles. The van der Waals surface area contributed by atoms with Crippen LogP contribution in [0.2, 0.25) is 0 Å². The summed E-state index contributed by atoms with van der Waals surface area (Å²) in [7, 11) is -2.57. The van der Waals surface area contributed by atoms with Crippen LogP contribution in [0.4, 0.5) is 17.6 Å². The summed E-state index contributed by atoms with van der Waals surface area (Å²) in [5.74, 6) is -0.560. The van der Waals surface area contributed by atoms with Gasteiger partial charge in [-0.25, -0.2) is 17.5 Å². The zero-order valence-corrected chi connectivity index (χ0v) is 16.0. The molecule has 0 atom stereocenters. The molecule has 2 aromatic rings. The predicted octanol–water partition coefficient (Wildman–Crippen LogP) is 4.26. The molecule has 0 radical (unpaired) electrons. The van der Waals surface area contributed by atoms with Crippen LogP contribution in [-0.2, 0) is 22.7 Å². The molecule has 0 aliphatic carbocycles. The van der Waals surface area contributed by atoms with Crippen LogP contribution in [0.5, 0.6) is 5.75 Å². The molecule has 1 N–H and O–H groups in total. The minimum atomic E-state index is -4.73. The normalized spacial score (nSPS) is 12.3. The van der Waals surface area contributed by atoms with Crippen molar-refractivity contribution < 1.29 is 30.7 Å².